The number of phenolic OH excluding ortho intramolecular Hbond substituents is 1. The second-order valence-electron chi connectivity index (χ2n) is 5.62. The lowest BCUT2D eigenvalue weighted by Gasteiger charge is -2.33. The van der Waals surface area contributed by atoms with Crippen molar-refractivity contribution in [2.24, 2.45) is 0 Å². The molecule has 2 unspecified atom stereocenters. The number of alkyl halides is 2. The van der Waals surface area contributed by atoms with Gasteiger partial charge < -0.3 is 18.9 Å². The monoisotopic (exact) mass is 411 g/mol. The van der Waals surface area contributed by atoms with Crippen LogP contribution in [-0.2, 0) is 25.6 Å². The number of ether oxygens (including phenoxy) is 1. The number of phenols is 1. The van der Waals surface area contributed by atoms with Crippen LogP contribution in [0, 0.1) is 0 Å². The van der Waals surface area contributed by atoms with Crippen molar-refractivity contribution in [3.05, 3.63) is 23.8 Å². The van der Waals surface area contributed by atoms with E-state index >= 15 is 0 Å². The van der Waals surface area contributed by atoms with Crippen molar-refractivity contribution in [3.63, 3.8) is 0 Å². The minimum atomic E-state index is -4.77. The number of nitrogens with zero attached hydrogens (tertiary/aromatic N) is 1. The molecule has 2 rings (SSSR count). The Labute approximate surface area is 154 Å². The van der Waals surface area contributed by atoms with Gasteiger partial charge in [-0.15, -0.1) is 4.94 Å². The van der Waals surface area contributed by atoms with Crippen LogP contribution in [0.1, 0.15) is 23.7 Å². The molecule has 0 radical (unpaired) electrons. The maximum Gasteiger partial charge on any atom is 0.503 e. The third-order valence-electron chi connectivity index (χ3n) is 3.75. The number of aromatic hydroxyl groups is 1. The van der Waals surface area contributed by atoms with Gasteiger partial charge in [-0.2, -0.15) is 8.78 Å². The van der Waals surface area contributed by atoms with E-state index in [1.165, 1.54) is 4.90 Å². The first-order valence-electron chi connectivity index (χ1n) is 7.67. The Hall–Kier alpha value is -2.18. The zero-order valence-electron chi connectivity index (χ0n) is 14.0. The number of benzene rings is 1. The molecule has 1 aromatic carbocycles. The van der Waals surface area contributed by atoms with Gasteiger partial charge in [-0.3, -0.25) is 9.59 Å². The molecule has 0 aromatic heterocycles. The van der Waals surface area contributed by atoms with Gasteiger partial charge in [-0.25, -0.2) is 4.21 Å². The lowest BCUT2D eigenvalue weighted by Crippen LogP contribution is -2.47. The number of hydrogen-bond acceptors (Lipinski definition) is 7. The van der Waals surface area contributed by atoms with E-state index < -0.39 is 51.7 Å². The topological polar surface area (TPSA) is 102 Å². The van der Waals surface area contributed by atoms with E-state index in [2.05, 4.69) is 9.12 Å². The van der Waals surface area contributed by atoms with Crippen LogP contribution < -0.4 is 4.18 Å². The van der Waals surface area contributed by atoms with Crippen LogP contribution >= 0.6 is 0 Å². The largest absolute Gasteiger partial charge is 0.504 e. The van der Waals surface area contributed by atoms with Crippen LogP contribution in [0.15, 0.2) is 18.2 Å². The highest BCUT2D eigenvalue weighted by molar-refractivity contribution is 7.81. The molecule has 1 aliphatic rings. The summed E-state index contributed by atoms with van der Waals surface area (Å²) < 4.78 is 58.0. The van der Waals surface area contributed by atoms with Crippen molar-refractivity contribution in [3.8, 4) is 11.5 Å². The van der Waals surface area contributed by atoms with Crippen molar-refractivity contribution in [1.82, 2.24) is 4.90 Å². The number of halogens is 3. The number of ketones is 1. The van der Waals surface area contributed by atoms with E-state index in [9.17, 15) is 32.2 Å². The Morgan fingerprint density at radius 1 is 1.44 bits per heavy atom. The molecule has 27 heavy (non-hydrogen) atoms. The molecule has 150 valence electrons. The van der Waals surface area contributed by atoms with E-state index in [0.29, 0.717) is 19.8 Å². The maximum absolute atomic E-state index is 12.8. The molecule has 1 saturated heterocycles. The van der Waals surface area contributed by atoms with Crippen molar-refractivity contribution in [2.75, 3.05) is 19.8 Å². The second kappa shape index (κ2) is 8.67. The third kappa shape index (κ3) is 4.96. The number of amides is 1. The van der Waals surface area contributed by atoms with Crippen LogP contribution in [0.5, 0.6) is 11.5 Å². The van der Waals surface area contributed by atoms with E-state index in [-0.39, 0.29) is 6.04 Å². The van der Waals surface area contributed by atoms with Gasteiger partial charge in [0.25, 0.3) is 0 Å². The lowest BCUT2D eigenvalue weighted by atomic mass is 10.1. The smallest absolute Gasteiger partial charge is 0.503 e. The molecule has 1 aromatic rings. The molecule has 1 aliphatic heterocycles. The van der Waals surface area contributed by atoms with Gasteiger partial charge in [0.2, 0.25) is 5.91 Å². The highest BCUT2D eigenvalue weighted by Gasteiger charge is 2.44. The highest BCUT2D eigenvalue weighted by atomic mass is 32.2. The summed E-state index contributed by atoms with van der Waals surface area (Å²) in [6, 6.07) is 2.99. The Morgan fingerprint density at radius 2 is 2.15 bits per heavy atom. The lowest BCUT2D eigenvalue weighted by molar-refractivity contribution is -0.304. The summed E-state index contributed by atoms with van der Waals surface area (Å²) in [5.41, 5.74) is -5.17. The zero-order chi connectivity index (χ0) is 20.2. The van der Waals surface area contributed by atoms with Crippen LogP contribution in [0.25, 0.3) is 0 Å². The maximum atomic E-state index is 12.8. The Bertz CT molecular complexity index is 746. The van der Waals surface area contributed by atoms with E-state index in [1.54, 1.807) is 6.92 Å². The zero-order valence-corrected chi connectivity index (χ0v) is 14.8. The molecular weight excluding hydrogens is 395 g/mol. The molecule has 0 bridgehead atoms. The minimum absolute atomic E-state index is 0.229. The molecule has 1 fully saturated rings. The van der Waals surface area contributed by atoms with Crippen molar-refractivity contribution in [1.29, 1.82) is 0 Å². The van der Waals surface area contributed by atoms with E-state index in [4.69, 9.17) is 4.74 Å². The van der Waals surface area contributed by atoms with Gasteiger partial charge in [-0.1, -0.05) is 6.07 Å². The fourth-order valence-corrected chi connectivity index (χ4v) is 2.85. The van der Waals surface area contributed by atoms with Gasteiger partial charge in [0, 0.05) is 6.54 Å². The third-order valence-corrected chi connectivity index (χ3v) is 4.53. The van der Waals surface area contributed by atoms with Gasteiger partial charge >= 0.3 is 16.5 Å². The first-order chi connectivity index (χ1) is 12.7. The van der Waals surface area contributed by atoms with Gasteiger partial charge in [0.15, 0.2) is 17.3 Å². The first-order valence-corrected chi connectivity index (χ1v) is 8.75. The molecule has 0 saturated carbocycles. The fourth-order valence-electron chi connectivity index (χ4n) is 2.40. The molecule has 0 spiro atoms. The molecule has 2 atom stereocenters. The SMILES string of the molecule is CC1COCCN1C(=O)CC(=O)c1cccc(OS(=O)C(F)(F)OF)c1O. The molecule has 1 heterocycles. The molecule has 1 N–H and O–H groups in total. The van der Waals surface area contributed by atoms with Crippen LogP contribution in [0.4, 0.5) is 13.3 Å². The van der Waals surface area contributed by atoms with Gasteiger partial charge in [-0.05, 0) is 23.6 Å². The number of carbonyl (C=O) groups is 2. The number of rotatable bonds is 7. The van der Waals surface area contributed by atoms with E-state index in [0.717, 1.165) is 18.2 Å². The Kier molecular flexibility index (Phi) is 6.78. The number of hydrogen-bond donors (Lipinski definition) is 1. The number of Topliss-reactive ketones (excluding diaryl/α,β-unsaturated/α-hetero) is 1. The summed E-state index contributed by atoms with van der Waals surface area (Å²) in [4.78, 5) is 28.3. The Balaban J connectivity index is 2.13. The summed E-state index contributed by atoms with van der Waals surface area (Å²) in [5, 5.41) is 10.0. The summed E-state index contributed by atoms with van der Waals surface area (Å²) >= 11 is -3.62. The number of morpholine rings is 1. The second-order valence-corrected chi connectivity index (χ2v) is 6.73. The average molecular weight is 411 g/mol. The molecule has 1 amide bonds. The quantitative estimate of drug-likeness (QED) is 0.538. The first kappa shape index (κ1) is 21.1. The summed E-state index contributed by atoms with van der Waals surface area (Å²) in [6.07, 6.45) is -0.589. The summed E-state index contributed by atoms with van der Waals surface area (Å²) in [6.45, 7) is 2.70. The highest BCUT2D eigenvalue weighted by Crippen LogP contribution is 2.33. The fraction of sp³-hybridized carbons (Fsp3) is 0.467. The van der Waals surface area contributed by atoms with Crippen molar-refractivity contribution < 1.29 is 46.1 Å². The van der Waals surface area contributed by atoms with Crippen molar-refractivity contribution in [2.45, 2.75) is 24.8 Å². The summed E-state index contributed by atoms with van der Waals surface area (Å²) in [7, 11) is 0. The predicted octanol–water partition coefficient (Wildman–Crippen LogP) is 1.71. The average Bonchev–Trinajstić information content (AvgIpc) is 2.63. The molecule has 0 aliphatic carbocycles. The number of para-hydroxylation sites is 1. The molecule has 8 nitrogen and oxygen atoms in total. The summed E-state index contributed by atoms with van der Waals surface area (Å²) in [5.74, 6) is -2.97. The normalized spacial score (nSPS) is 18.8. The Morgan fingerprint density at radius 3 is 2.78 bits per heavy atom. The standard InChI is InChI=1S/C15H16F3NO7S/c1-9-8-24-6-5-19(9)13(21)7-11(20)10-3-2-4-12(14(10)22)25-27(23)15(16,17)26-18/h2-4,9,22H,5-8H2,1H3. The predicted molar refractivity (Wildman–Crippen MR) is 85.0 cm³/mol. The van der Waals surface area contributed by atoms with Gasteiger partial charge in [0.05, 0.1) is 31.2 Å². The van der Waals surface area contributed by atoms with Crippen LogP contribution in [-0.4, -0.2) is 57.1 Å². The minimum Gasteiger partial charge on any atom is -0.504 e. The molecular formula is C15H16F3NO7S. The van der Waals surface area contributed by atoms with Gasteiger partial charge in [0.1, 0.15) is 0 Å². The molecule has 12 heteroatoms. The van der Waals surface area contributed by atoms with Crippen LogP contribution in [0.2, 0.25) is 0 Å². The van der Waals surface area contributed by atoms with Crippen LogP contribution in [0.3, 0.4) is 0 Å². The van der Waals surface area contributed by atoms with E-state index in [1.807, 2.05) is 0 Å². The van der Waals surface area contributed by atoms with Crippen molar-refractivity contribution >= 4 is 22.8 Å². The number of carbonyl (C=O) groups excluding carboxylic acids is 2.